The molecular formula is C19H26O. The number of hydrogen-bond acceptors (Lipinski definition) is 1. The van der Waals surface area contributed by atoms with Crippen LogP contribution in [-0.2, 0) is 6.42 Å². The molecule has 0 saturated heterocycles. The first-order chi connectivity index (χ1) is 9.81. The second-order valence-corrected chi connectivity index (χ2v) is 7.43. The maximum atomic E-state index is 10.7. The van der Waals surface area contributed by atoms with Gasteiger partial charge in [-0.2, -0.15) is 0 Å². The summed E-state index contributed by atoms with van der Waals surface area (Å²) in [5.41, 5.74) is 3.06. The third-order valence-corrected chi connectivity index (χ3v) is 6.31. The Hall–Kier alpha value is -0.820. The number of hydrogen-bond donors (Lipinski definition) is 1. The molecule has 0 heterocycles. The Morgan fingerprint density at radius 1 is 1.10 bits per heavy atom. The van der Waals surface area contributed by atoms with Crippen molar-refractivity contribution in [2.75, 3.05) is 0 Å². The predicted molar refractivity (Wildman–Crippen MR) is 81.7 cm³/mol. The van der Waals surface area contributed by atoms with Crippen molar-refractivity contribution in [1.29, 1.82) is 0 Å². The second-order valence-electron chi connectivity index (χ2n) is 7.43. The summed E-state index contributed by atoms with van der Waals surface area (Å²) in [6.45, 7) is 0. The summed E-state index contributed by atoms with van der Waals surface area (Å²) >= 11 is 0. The summed E-state index contributed by atoms with van der Waals surface area (Å²) in [5, 5.41) is 10.7. The van der Waals surface area contributed by atoms with Crippen LogP contribution < -0.4 is 0 Å². The highest BCUT2D eigenvalue weighted by molar-refractivity contribution is 5.32. The lowest BCUT2D eigenvalue weighted by Crippen LogP contribution is -2.28. The molecule has 1 nitrogen and oxygen atoms in total. The molecule has 2 saturated carbocycles. The SMILES string of the molecule is OC(CC1CCCc2ccccc21)C1CC2CCC1C2. The van der Waals surface area contributed by atoms with Gasteiger partial charge in [0.25, 0.3) is 0 Å². The van der Waals surface area contributed by atoms with Gasteiger partial charge in [0.2, 0.25) is 0 Å². The molecule has 0 aliphatic heterocycles. The second kappa shape index (κ2) is 5.18. The van der Waals surface area contributed by atoms with Gasteiger partial charge in [-0.1, -0.05) is 30.7 Å². The smallest absolute Gasteiger partial charge is 0.0577 e. The highest BCUT2D eigenvalue weighted by Gasteiger charge is 2.43. The standard InChI is InChI=1S/C19H26O/c20-19(18-11-13-8-9-16(18)10-13)12-15-6-3-5-14-4-1-2-7-17(14)15/h1-2,4,7,13,15-16,18-20H,3,5-6,8-12H2. The molecule has 3 aliphatic carbocycles. The molecular weight excluding hydrogens is 244 g/mol. The van der Waals surface area contributed by atoms with Gasteiger partial charge in [0.15, 0.2) is 0 Å². The molecule has 20 heavy (non-hydrogen) atoms. The third-order valence-electron chi connectivity index (χ3n) is 6.31. The van der Waals surface area contributed by atoms with E-state index >= 15 is 0 Å². The Morgan fingerprint density at radius 2 is 2.00 bits per heavy atom. The Labute approximate surface area is 122 Å². The van der Waals surface area contributed by atoms with Crippen molar-refractivity contribution in [1.82, 2.24) is 0 Å². The molecule has 0 aromatic heterocycles. The van der Waals surface area contributed by atoms with Crippen LogP contribution >= 0.6 is 0 Å². The van der Waals surface area contributed by atoms with E-state index in [9.17, 15) is 5.11 Å². The van der Waals surface area contributed by atoms with Crippen molar-refractivity contribution in [3.05, 3.63) is 35.4 Å². The summed E-state index contributed by atoms with van der Waals surface area (Å²) in [5.74, 6) is 3.00. The van der Waals surface area contributed by atoms with E-state index in [0.717, 1.165) is 18.3 Å². The van der Waals surface area contributed by atoms with Crippen LogP contribution in [0.3, 0.4) is 0 Å². The monoisotopic (exact) mass is 270 g/mol. The van der Waals surface area contributed by atoms with Gasteiger partial charge >= 0.3 is 0 Å². The van der Waals surface area contributed by atoms with E-state index < -0.39 is 0 Å². The zero-order valence-electron chi connectivity index (χ0n) is 12.3. The van der Waals surface area contributed by atoms with Crippen molar-refractivity contribution < 1.29 is 5.11 Å². The highest BCUT2D eigenvalue weighted by Crippen LogP contribution is 2.51. The number of aliphatic hydroxyl groups excluding tert-OH is 1. The minimum Gasteiger partial charge on any atom is -0.393 e. The van der Waals surface area contributed by atoms with E-state index in [0.29, 0.717) is 11.8 Å². The van der Waals surface area contributed by atoms with Crippen molar-refractivity contribution in [3.8, 4) is 0 Å². The van der Waals surface area contributed by atoms with Crippen LogP contribution in [0.1, 0.15) is 62.0 Å². The largest absolute Gasteiger partial charge is 0.393 e. The van der Waals surface area contributed by atoms with Crippen LogP contribution in [0.25, 0.3) is 0 Å². The molecule has 2 bridgehead atoms. The predicted octanol–water partition coefficient (Wildman–Crippen LogP) is 4.29. The Balaban J connectivity index is 1.47. The fourth-order valence-corrected chi connectivity index (χ4v) is 5.33. The molecule has 2 fully saturated rings. The van der Waals surface area contributed by atoms with Crippen LogP contribution in [0.5, 0.6) is 0 Å². The van der Waals surface area contributed by atoms with Gasteiger partial charge in [-0.3, -0.25) is 0 Å². The summed E-state index contributed by atoms with van der Waals surface area (Å²) in [6, 6.07) is 8.91. The molecule has 3 aliphatic rings. The average Bonchev–Trinajstić information content (AvgIpc) is 3.10. The van der Waals surface area contributed by atoms with Gasteiger partial charge < -0.3 is 5.11 Å². The zero-order valence-corrected chi connectivity index (χ0v) is 12.3. The zero-order chi connectivity index (χ0) is 13.5. The van der Waals surface area contributed by atoms with Gasteiger partial charge in [0.1, 0.15) is 0 Å². The molecule has 5 atom stereocenters. The van der Waals surface area contributed by atoms with Crippen molar-refractivity contribution >= 4 is 0 Å². The number of aliphatic hydroxyl groups is 1. The Bertz CT molecular complexity index is 480. The third kappa shape index (κ3) is 2.20. The molecule has 0 spiro atoms. The summed E-state index contributed by atoms with van der Waals surface area (Å²) in [4.78, 5) is 0. The van der Waals surface area contributed by atoms with Crippen molar-refractivity contribution in [2.24, 2.45) is 17.8 Å². The fraction of sp³-hybridized carbons (Fsp3) is 0.684. The molecule has 4 rings (SSSR count). The van der Waals surface area contributed by atoms with E-state index in [2.05, 4.69) is 24.3 Å². The number of benzene rings is 1. The van der Waals surface area contributed by atoms with Crippen LogP contribution in [0.4, 0.5) is 0 Å². The summed E-state index contributed by atoms with van der Waals surface area (Å²) in [6.07, 6.45) is 10.3. The molecule has 1 aromatic rings. The average molecular weight is 270 g/mol. The lowest BCUT2D eigenvalue weighted by atomic mass is 9.76. The maximum Gasteiger partial charge on any atom is 0.0577 e. The first-order valence-corrected chi connectivity index (χ1v) is 8.57. The fourth-order valence-electron chi connectivity index (χ4n) is 5.33. The normalized spacial score (nSPS) is 36.9. The Kier molecular flexibility index (Phi) is 3.34. The molecule has 1 N–H and O–H groups in total. The minimum absolute atomic E-state index is 0.0542. The first-order valence-electron chi connectivity index (χ1n) is 8.57. The summed E-state index contributed by atoms with van der Waals surface area (Å²) in [7, 11) is 0. The van der Waals surface area contributed by atoms with Crippen LogP contribution in [-0.4, -0.2) is 11.2 Å². The number of aryl methyl sites for hydroxylation is 1. The first kappa shape index (κ1) is 12.9. The van der Waals surface area contributed by atoms with Gasteiger partial charge in [-0.15, -0.1) is 0 Å². The summed E-state index contributed by atoms with van der Waals surface area (Å²) < 4.78 is 0. The molecule has 108 valence electrons. The highest BCUT2D eigenvalue weighted by atomic mass is 16.3. The van der Waals surface area contributed by atoms with Gasteiger partial charge in [0.05, 0.1) is 6.10 Å². The van der Waals surface area contributed by atoms with E-state index in [1.165, 1.54) is 56.1 Å². The minimum atomic E-state index is -0.0542. The maximum absolute atomic E-state index is 10.7. The van der Waals surface area contributed by atoms with Crippen molar-refractivity contribution in [2.45, 2.75) is 63.4 Å². The lowest BCUT2D eigenvalue weighted by Gasteiger charge is -2.32. The van der Waals surface area contributed by atoms with E-state index in [-0.39, 0.29) is 6.10 Å². The van der Waals surface area contributed by atoms with E-state index in [4.69, 9.17) is 0 Å². The lowest BCUT2D eigenvalue weighted by molar-refractivity contribution is 0.0598. The topological polar surface area (TPSA) is 20.2 Å². The van der Waals surface area contributed by atoms with Gasteiger partial charge in [0, 0.05) is 0 Å². The van der Waals surface area contributed by atoms with Gasteiger partial charge in [-0.25, -0.2) is 0 Å². The van der Waals surface area contributed by atoms with Crippen LogP contribution in [0.2, 0.25) is 0 Å². The number of fused-ring (bicyclic) bond motifs is 3. The van der Waals surface area contributed by atoms with Gasteiger partial charge in [-0.05, 0) is 79.7 Å². The van der Waals surface area contributed by atoms with E-state index in [1.807, 2.05) is 0 Å². The van der Waals surface area contributed by atoms with Crippen LogP contribution in [0.15, 0.2) is 24.3 Å². The number of rotatable bonds is 3. The molecule has 1 aromatic carbocycles. The Morgan fingerprint density at radius 3 is 2.80 bits per heavy atom. The van der Waals surface area contributed by atoms with E-state index in [1.54, 1.807) is 0 Å². The van der Waals surface area contributed by atoms with Crippen LogP contribution in [0, 0.1) is 17.8 Å². The molecule has 0 amide bonds. The van der Waals surface area contributed by atoms with Crippen molar-refractivity contribution in [3.63, 3.8) is 0 Å². The molecule has 0 radical (unpaired) electrons. The quantitative estimate of drug-likeness (QED) is 0.868. The molecule has 1 heteroatoms. The molecule has 5 unspecified atom stereocenters.